The van der Waals surface area contributed by atoms with E-state index in [9.17, 15) is 29.8 Å². The average molecular weight is 428 g/mol. The molecular weight excluding hydrogens is 408 g/mol. The number of piperazine rings is 1. The molecule has 3 rings (SSSR count). The van der Waals surface area contributed by atoms with Crippen LogP contribution in [0.5, 0.6) is 0 Å². The van der Waals surface area contributed by atoms with Crippen LogP contribution in [-0.2, 0) is 4.74 Å². The van der Waals surface area contributed by atoms with Crippen molar-refractivity contribution in [2.24, 2.45) is 0 Å². The second-order valence-corrected chi connectivity index (χ2v) is 6.77. The van der Waals surface area contributed by atoms with Gasteiger partial charge in [0, 0.05) is 49.9 Å². The molecule has 0 atom stereocenters. The summed E-state index contributed by atoms with van der Waals surface area (Å²) < 4.78 is 4.89. The first-order chi connectivity index (χ1) is 14.8. The van der Waals surface area contributed by atoms with Crippen molar-refractivity contribution in [3.8, 4) is 0 Å². The number of rotatable bonds is 6. The number of amides is 1. The van der Waals surface area contributed by atoms with Gasteiger partial charge in [-0.3, -0.25) is 25.0 Å². The zero-order chi connectivity index (χ0) is 22.5. The maximum absolute atomic E-state index is 12.7. The number of carbonyl (C=O) groups excluding carboxylic acids is 2. The first-order valence-corrected chi connectivity index (χ1v) is 9.56. The molecule has 1 aliphatic rings. The summed E-state index contributed by atoms with van der Waals surface area (Å²) in [6.45, 7) is 3.06. The second-order valence-electron chi connectivity index (χ2n) is 6.77. The molecular formula is C20H20N4O7. The largest absolute Gasteiger partial charge is 0.462 e. The number of anilines is 1. The molecule has 1 heterocycles. The second kappa shape index (κ2) is 9.20. The Morgan fingerprint density at radius 3 is 2.29 bits per heavy atom. The molecule has 0 N–H and O–H groups in total. The topological polar surface area (TPSA) is 136 Å². The lowest BCUT2D eigenvalue weighted by atomic mass is 10.1. The zero-order valence-corrected chi connectivity index (χ0v) is 16.7. The van der Waals surface area contributed by atoms with Crippen LogP contribution in [0.15, 0.2) is 42.5 Å². The van der Waals surface area contributed by atoms with Crippen LogP contribution in [-0.4, -0.2) is 59.4 Å². The fourth-order valence-electron chi connectivity index (χ4n) is 3.36. The van der Waals surface area contributed by atoms with Crippen molar-refractivity contribution in [1.29, 1.82) is 0 Å². The Bertz CT molecular complexity index is 1030. The van der Waals surface area contributed by atoms with Crippen LogP contribution in [0.25, 0.3) is 0 Å². The van der Waals surface area contributed by atoms with E-state index >= 15 is 0 Å². The van der Waals surface area contributed by atoms with Gasteiger partial charge in [-0.1, -0.05) is 6.07 Å². The smallest absolute Gasteiger partial charge is 0.338 e. The SMILES string of the molecule is CCOC(=O)c1ccc(N2CCN(C(=O)c3cccc([N+](=O)[O-])c3)CC2)c([N+](=O)[O-])c1. The lowest BCUT2D eigenvalue weighted by molar-refractivity contribution is -0.384. The van der Waals surface area contributed by atoms with Crippen molar-refractivity contribution in [3.05, 3.63) is 73.8 Å². The van der Waals surface area contributed by atoms with E-state index in [4.69, 9.17) is 4.74 Å². The highest BCUT2D eigenvalue weighted by atomic mass is 16.6. The normalized spacial score (nSPS) is 13.6. The molecule has 1 aliphatic heterocycles. The Kier molecular flexibility index (Phi) is 6.43. The van der Waals surface area contributed by atoms with Gasteiger partial charge in [0.05, 0.1) is 22.0 Å². The highest BCUT2D eigenvalue weighted by Crippen LogP contribution is 2.30. The first kappa shape index (κ1) is 21.7. The number of non-ortho nitro benzene ring substituents is 1. The molecule has 0 aliphatic carbocycles. The van der Waals surface area contributed by atoms with Gasteiger partial charge in [-0.2, -0.15) is 0 Å². The molecule has 0 saturated carbocycles. The van der Waals surface area contributed by atoms with Gasteiger partial charge in [0.25, 0.3) is 17.3 Å². The molecule has 0 aromatic heterocycles. The quantitative estimate of drug-likeness (QED) is 0.389. The summed E-state index contributed by atoms with van der Waals surface area (Å²) >= 11 is 0. The molecule has 0 unspecified atom stereocenters. The summed E-state index contributed by atoms with van der Waals surface area (Å²) in [5, 5.41) is 22.5. The van der Waals surface area contributed by atoms with Gasteiger partial charge in [-0.05, 0) is 25.1 Å². The van der Waals surface area contributed by atoms with Gasteiger partial charge in [-0.15, -0.1) is 0 Å². The van der Waals surface area contributed by atoms with Crippen LogP contribution < -0.4 is 4.90 Å². The van der Waals surface area contributed by atoms with Crippen molar-refractivity contribution in [3.63, 3.8) is 0 Å². The molecule has 11 nitrogen and oxygen atoms in total. The number of nitrogens with zero attached hydrogens (tertiary/aromatic N) is 4. The molecule has 2 aromatic rings. The summed E-state index contributed by atoms with van der Waals surface area (Å²) in [6.07, 6.45) is 0. The Labute approximate surface area is 177 Å². The lowest BCUT2D eigenvalue weighted by Crippen LogP contribution is -2.49. The molecule has 11 heteroatoms. The van der Waals surface area contributed by atoms with Gasteiger partial charge >= 0.3 is 5.97 Å². The molecule has 0 bridgehead atoms. The number of nitro groups is 2. The van der Waals surface area contributed by atoms with Gasteiger partial charge in [-0.25, -0.2) is 4.79 Å². The number of hydrogen-bond acceptors (Lipinski definition) is 8. The predicted molar refractivity (Wildman–Crippen MR) is 110 cm³/mol. The molecule has 162 valence electrons. The number of carbonyl (C=O) groups is 2. The molecule has 1 amide bonds. The fraction of sp³-hybridized carbons (Fsp3) is 0.300. The lowest BCUT2D eigenvalue weighted by Gasteiger charge is -2.35. The molecule has 0 spiro atoms. The van der Waals surface area contributed by atoms with Crippen molar-refractivity contribution in [1.82, 2.24) is 4.90 Å². The zero-order valence-electron chi connectivity index (χ0n) is 16.7. The van der Waals surface area contributed by atoms with E-state index in [1.54, 1.807) is 16.7 Å². The Morgan fingerprint density at radius 2 is 1.68 bits per heavy atom. The summed E-state index contributed by atoms with van der Waals surface area (Å²) in [5.41, 5.74) is 0.274. The van der Waals surface area contributed by atoms with Gasteiger partial charge in [0.15, 0.2) is 0 Å². The standard InChI is InChI=1S/C20H20N4O7/c1-2-31-20(26)15-6-7-17(18(13-15)24(29)30)21-8-10-22(11-9-21)19(25)14-4-3-5-16(12-14)23(27)28/h3-7,12-13H,2,8-11H2,1H3. The van der Waals surface area contributed by atoms with Gasteiger partial charge < -0.3 is 14.5 Å². The number of esters is 1. The van der Waals surface area contributed by atoms with Gasteiger partial charge in [0.2, 0.25) is 0 Å². The third-order valence-electron chi connectivity index (χ3n) is 4.89. The van der Waals surface area contributed by atoms with E-state index in [1.165, 1.54) is 42.5 Å². The summed E-state index contributed by atoms with van der Waals surface area (Å²) in [5.74, 6) is -0.972. The highest BCUT2D eigenvalue weighted by Gasteiger charge is 2.28. The van der Waals surface area contributed by atoms with Crippen LogP contribution in [0.2, 0.25) is 0 Å². The fourth-order valence-corrected chi connectivity index (χ4v) is 3.36. The van der Waals surface area contributed by atoms with Crippen molar-refractivity contribution in [2.45, 2.75) is 6.92 Å². The third-order valence-corrected chi connectivity index (χ3v) is 4.89. The summed E-state index contributed by atoms with van der Waals surface area (Å²) in [7, 11) is 0. The minimum atomic E-state index is -0.635. The monoisotopic (exact) mass is 428 g/mol. The maximum atomic E-state index is 12.7. The number of hydrogen-bond donors (Lipinski definition) is 0. The average Bonchev–Trinajstić information content (AvgIpc) is 2.78. The maximum Gasteiger partial charge on any atom is 0.338 e. The predicted octanol–water partition coefficient (Wildman–Crippen LogP) is 2.64. The number of nitro benzene ring substituents is 2. The van der Waals surface area contributed by atoms with Crippen LogP contribution in [0, 0.1) is 20.2 Å². The van der Waals surface area contributed by atoms with E-state index in [1.807, 2.05) is 0 Å². The van der Waals surface area contributed by atoms with E-state index in [0.717, 1.165) is 0 Å². The highest BCUT2D eigenvalue weighted by molar-refractivity contribution is 5.95. The van der Waals surface area contributed by atoms with E-state index in [2.05, 4.69) is 0 Å². The number of benzene rings is 2. The molecule has 31 heavy (non-hydrogen) atoms. The van der Waals surface area contributed by atoms with Crippen molar-refractivity contribution in [2.75, 3.05) is 37.7 Å². The van der Waals surface area contributed by atoms with E-state index in [-0.39, 0.29) is 48.1 Å². The molecule has 0 radical (unpaired) electrons. The first-order valence-electron chi connectivity index (χ1n) is 9.56. The molecule has 1 fully saturated rings. The van der Waals surface area contributed by atoms with Crippen LogP contribution in [0.3, 0.4) is 0 Å². The summed E-state index contributed by atoms with van der Waals surface area (Å²) in [6, 6.07) is 9.68. The molecule has 2 aromatic carbocycles. The molecule has 1 saturated heterocycles. The summed E-state index contributed by atoms with van der Waals surface area (Å²) in [4.78, 5) is 49.3. The van der Waals surface area contributed by atoms with E-state index < -0.39 is 15.8 Å². The van der Waals surface area contributed by atoms with Crippen molar-refractivity contribution < 1.29 is 24.2 Å². The Hall–Kier alpha value is -4.02. The Balaban J connectivity index is 1.74. The van der Waals surface area contributed by atoms with E-state index in [0.29, 0.717) is 18.8 Å². The van der Waals surface area contributed by atoms with Crippen LogP contribution >= 0.6 is 0 Å². The minimum Gasteiger partial charge on any atom is -0.462 e. The minimum absolute atomic E-state index is 0.0942. The Morgan fingerprint density at radius 1 is 0.968 bits per heavy atom. The van der Waals surface area contributed by atoms with Crippen LogP contribution in [0.4, 0.5) is 17.1 Å². The van der Waals surface area contributed by atoms with Gasteiger partial charge in [0.1, 0.15) is 5.69 Å². The number of ether oxygens (including phenoxy) is 1. The van der Waals surface area contributed by atoms with Crippen LogP contribution in [0.1, 0.15) is 27.6 Å². The third kappa shape index (κ3) is 4.77. The van der Waals surface area contributed by atoms with Crippen molar-refractivity contribution >= 4 is 28.9 Å².